The van der Waals surface area contributed by atoms with Crippen molar-refractivity contribution < 1.29 is 26.3 Å². The number of methoxy groups -OCH3 is 2. The summed E-state index contributed by atoms with van der Waals surface area (Å²) < 4.78 is 60.2. The molecule has 50 heavy (non-hydrogen) atoms. The third-order valence-corrected chi connectivity index (χ3v) is 10.2. The number of nitrogens with zero attached hydrogens (tertiary/aromatic N) is 8. The Labute approximate surface area is 303 Å². The maximum Gasteiger partial charge on any atom is 0.238 e. The highest BCUT2D eigenvalue weighted by Gasteiger charge is 2.23. The normalized spacial score (nSPS) is 11.5. The molecular weight excluding hydrogens is 820 g/mol. The van der Waals surface area contributed by atoms with Gasteiger partial charge in [0.15, 0.2) is 5.82 Å². The Balaban J connectivity index is 0.000000194. The van der Waals surface area contributed by atoms with Gasteiger partial charge in [0.05, 0.1) is 48.2 Å². The summed E-state index contributed by atoms with van der Waals surface area (Å²) in [4.78, 5) is 1.27. The summed E-state index contributed by atoms with van der Waals surface area (Å²) in [6.07, 6.45) is 0. The van der Waals surface area contributed by atoms with Crippen molar-refractivity contribution in [3.63, 3.8) is 0 Å². The van der Waals surface area contributed by atoms with Crippen molar-refractivity contribution in [2.24, 2.45) is 10.3 Å². The maximum atomic E-state index is 11.9. The lowest BCUT2D eigenvalue weighted by atomic mass is 10.2. The van der Waals surface area contributed by atoms with E-state index in [0.717, 1.165) is 22.6 Å². The molecule has 6 aromatic rings. The van der Waals surface area contributed by atoms with E-state index >= 15 is 0 Å². The summed E-state index contributed by atoms with van der Waals surface area (Å²) in [5, 5.41) is 34.4. The van der Waals surface area contributed by atoms with Gasteiger partial charge in [0.1, 0.15) is 11.5 Å². The molecule has 20 heteroatoms. The van der Waals surface area contributed by atoms with Crippen molar-refractivity contribution in [1.29, 1.82) is 0 Å². The van der Waals surface area contributed by atoms with Crippen molar-refractivity contribution in [3.05, 3.63) is 105 Å². The summed E-state index contributed by atoms with van der Waals surface area (Å²) in [5.41, 5.74) is 2.48. The van der Waals surface area contributed by atoms with E-state index in [1.165, 1.54) is 21.6 Å². The van der Waals surface area contributed by atoms with Gasteiger partial charge in [0.25, 0.3) is 0 Å². The Morgan fingerprint density at radius 1 is 0.660 bits per heavy atom. The maximum absolute atomic E-state index is 11.9. The Kier molecular flexibility index (Phi) is 11.4. The van der Waals surface area contributed by atoms with Crippen LogP contribution in [0, 0.1) is 0 Å². The molecule has 0 saturated heterocycles. The molecular formula is C30H28Br2N10O6S2. The molecule has 4 aromatic carbocycles. The number of tetrazole rings is 2. The van der Waals surface area contributed by atoms with Gasteiger partial charge in [-0.3, -0.25) is 0 Å². The van der Waals surface area contributed by atoms with Gasteiger partial charge in [-0.05, 0) is 107 Å². The van der Waals surface area contributed by atoms with E-state index in [0.29, 0.717) is 33.4 Å². The first-order valence-corrected chi connectivity index (χ1v) is 18.9. The van der Waals surface area contributed by atoms with Gasteiger partial charge in [-0.15, -0.1) is 15.3 Å². The standard InChI is InChI=1S/2C15H14BrN5O3S/c1-24-11-7-5-10(6-8-11)9-21-15(18-19-20-21)14-12(16)3-2-4-13(14)25(17,22)23;1-24-11-7-5-10(6-8-11)9-21-19-15(18-20-21)14-12(16)3-2-4-13(14)25(17,22)23/h2*2-8H,9H2,1H3,(H2,17,22,23). The average molecular weight is 849 g/mol. The van der Waals surface area contributed by atoms with Crippen LogP contribution in [-0.4, -0.2) is 71.5 Å². The third kappa shape index (κ3) is 8.76. The number of aromatic nitrogens is 8. The number of halogens is 2. The predicted octanol–water partition coefficient (Wildman–Crippen LogP) is 3.61. The van der Waals surface area contributed by atoms with Crippen LogP contribution in [-0.2, 0) is 33.1 Å². The van der Waals surface area contributed by atoms with E-state index in [1.54, 1.807) is 38.5 Å². The number of ether oxygens (including phenoxy) is 2. The second kappa shape index (κ2) is 15.5. The molecule has 0 aliphatic carbocycles. The number of hydrogen-bond donors (Lipinski definition) is 2. The van der Waals surface area contributed by atoms with Crippen LogP contribution in [0.1, 0.15) is 11.1 Å². The summed E-state index contributed by atoms with van der Waals surface area (Å²) in [6, 6.07) is 24.2. The molecule has 4 N–H and O–H groups in total. The highest BCUT2D eigenvalue weighted by Crippen LogP contribution is 2.33. The van der Waals surface area contributed by atoms with Crippen LogP contribution < -0.4 is 19.8 Å². The summed E-state index contributed by atoms with van der Waals surface area (Å²) in [7, 11) is -4.67. The van der Waals surface area contributed by atoms with E-state index in [-0.39, 0.29) is 21.2 Å². The first-order chi connectivity index (χ1) is 23.8. The second-order valence-electron chi connectivity index (χ2n) is 10.3. The SMILES string of the molecule is COc1ccc(Cn2nnc(-c3c(Br)cccc3S(N)(=O)=O)n2)cc1.COc1ccc(Cn2nnnc2-c2c(Br)cccc2S(N)(=O)=O)cc1. The van der Waals surface area contributed by atoms with Crippen molar-refractivity contribution in [1.82, 2.24) is 40.4 Å². The minimum atomic E-state index is -3.94. The van der Waals surface area contributed by atoms with Crippen molar-refractivity contribution in [3.8, 4) is 34.3 Å². The number of rotatable bonds is 10. The van der Waals surface area contributed by atoms with Gasteiger partial charge in [-0.1, -0.05) is 36.4 Å². The van der Waals surface area contributed by atoms with E-state index in [4.69, 9.17) is 19.8 Å². The number of benzene rings is 4. The quantitative estimate of drug-likeness (QED) is 0.202. The van der Waals surface area contributed by atoms with Gasteiger partial charge in [-0.2, -0.15) is 4.80 Å². The largest absolute Gasteiger partial charge is 0.497 e. The molecule has 0 unspecified atom stereocenters. The van der Waals surface area contributed by atoms with Crippen LogP contribution in [0.4, 0.5) is 0 Å². The molecule has 0 amide bonds. The van der Waals surface area contributed by atoms with Crippen LogP contribution in [0.5, 0.6) is 11.5 Å². The fraction of sp³-hybridized carbons (Fsp3) is 0.133. The Morgan fingerprint density at radius 2 is 1.16 bits per heavy atom. The smallest absolute Gasteiger partial charge is 0.238 e. The zero-order valence-electron chi connectivity index (χ0n) is 26.3. The van der Waals surface area contributed by atoms with Crippen molar-refractivity contribution in [2.75, 3.05) is 14.2 Å². The highest BCUT2D eigenvalue weighted by molar-refractivity contribution is 9.11. The second-order valence-corrected chi connectivity index (χ2v) is 15.1. The summed E-state index contributed by atoms with van der Waals surface area (Å²) >= 11 is 6.67. The van der Waals surface area contributed by atoms with Crippen LogP contribution in [0.15, 0.2) is 104 Å². The number of primary sulfonamides is 2. The molecule has 6 rings (SSSR count). The monoisotopic (exact) mass is 846 g/mol. The van der Waals surface area contributed by atoms with Gasteiger partial charge >= 0.3 is 0 Å². The predicted molar refractivity (Wildman–Crippen MR) is 189 cm³/mol. The number of sulfonamides is 2. The Bertz CT molecular complexity index is 2340. The zero-order valence-corrected chi connectivity index (χ0v) is 31.1. The molecule has 16 nitrogen and oxygen atoms in total. The van der Waals surface area contributed by atoms with Crippen molar-refractivity contribution in [2.45, 2.75) is 22.9 Å². The van der Waals surface area contributed by atoms with E-state index in [1.807, 2.05) is 48.5 Å². The fourth-order valence-electron chi connectivity index (χ4n) is 4.62. The first kappa shape index (κ1) is 36.7. The minimum absolute atomic E-state index is 0.0485. The molecule has 2 heterocycles. The van der Waals surface area contributed by atoms with Gasteiger partial charge in [0, 0.05) is 8.95 Å². The fourth-order valence-corrected chi connectivity index (χ4v) is 7.47. The molecule has 260 valence electrons. The summed E-state index contributed by atoms with van der Waals surface area (Å²) in [5.74, 6) is 1.96. The Morgan fingerprint density at radius 3 is 1.68 bits per heavy atom. The van der Waals surface area contributed by atoms with Gasteiger partial charge in [0.2, 0.25) is 25.9 Å². The van der Waals surface area contributed by atoms with Crippen LogP contribution in [0.3, 0.4) is 0 Å². The topological polar surface area (TPSA) is 226 Å². The Hall–Kier alpha value is -4.60. The number of hydrogen-bond acceptors (Lipinski definition) is 12. The van der Waals surface area contributed by atoms with Gasteiger partial charge in [-0.25, -0.2) is 31.8 Å². The van der Waals surface area contributed by atoms with Gasteiger partial charge < -0.3 is 9.47 Å². The summed E-state index contributed by atoms with van der Waals surface area (Å²) in [6.45, 7) is 0.740. The first-order valence-electron chi connectivity index (χ1n) is 14.2. The highest BCUT2D eigenvalue weighted by atomic mass is 79.9. The molecule has 0 fully saturated rings. The third-order valence-electron chi connectivity index (χ3n) is 6.97. The van der Waals surface area contributed by atoms with Crippen molar-refractivity contribution >= 4 is 51.9 Å². The van der Waals surface area contributed by atoms with E-state index in [9.17, 15) is 16.8 Å². The van der Waals surface area contributed by atoms with Crippen LogP contribution in [0.25, 0.3) is 22.8 Å². The molecule has 0 radical (unpaired) electrons. The molecule has 2 aromatic heterocycles. The van der Waals surface area contributed by atoms with E-state index < -0.39 is 20.0 Å². The lowest BCUT2D eigenvalue weighted by Crippen LogP contribution is -2.15. The lowest BCUT2D eigenvalue weighted by molar-refractivity contribution is 0.414. The molecule has 0 atom stereocenters. The van der Waals surface area contributed by atoms with Crippen LogP contribution in [0.2, 0.25) is 0 Å². The van der Waals surface area contributed by atoms with Crippen LogP contribution >= 0.6 is 31.9 Å². The van der Waals surface area contributed by atoms with E-state index in [2.05, 4.69) is 62.8 Å². The molecule has 0 aliphatic heterocycles. The zero-order chi connectivity index (χ0) is 36.1. The molecule has 0 aliphatic rings. The molecule has 0 spiro atoms. The lowest BCUT2D eigenvalue weighted by Gasteiger charge is -2.10. The molecule has 0 saturated carbocycles. The minimum Gasteiger partial charge on any atom is -0.497 e. The average Bonchev–Trinajstić information content (AvgIpc) is 3.74. The number of nitrogens with two attached hydrogens (primary N) is 2. The molecule has 0 bridgehead atoms.